The molecule has 0 atom stereocenters. The fraction of sp³-hybridized carbons (Fsp3) is 0.571. The number of hydrogen-bond acceptors (Lipinski definition) is 5. The van der Waals surface area contributed by atoms with E-state index in [0.717, 1.165) is 31.8 Å². The third-order valence-corrected chi connectivity index (χ3v) is 5.23. The highest BCUT2D eigenvalue weighted by molar-refractivity contribution is 7.11. The van der Waals surface area contributed by atoms with E-state index in [1.807, 2.05) is 11.3 Å². The summed E-state index contributed by atoms with van der Waals surface area (Å²) in [7, 11) is 0. The zero-order valence-corrected chi connectivity index (χ0v) is 12.6. The Bertz CT molecular complexity index is 489. The van der Waals surface area contributed by atoms with Gasteiger partial charge in [-0.05, 0) is 37.1 Å². The molecule has 0 bridgehead atoms. The van der Waals surface area contributed by atoms with Gasteiger partial charge in [0.05, 0.1) is 0 Å². The van der Waals surface area contributed by atoms with Crippen molar-refractivity contribution < 1.29 is 0 Å². The molecular formula is C14H19N3S2. The maximum atomic E-state index is 4.29. The van der Waals surface area contributed by atoms with Crippen molar-refractivity contribution in [2.45, 2.75) is 44.6 Å². The molecule has 3 nitrogen and oxygen atoms in total. The summed E-state index contributed by atoms with van der Waals surface area (Å²) in [4.78, 5) is 1.47. The molecule has 2 aromatic heterocycles. The number of thiophene rings is 1. The minimum Gasteiger partial charge on any atom is -0.314 e. The van der Waals surface area contributed by atoms with Crippen LogP contribution >= 0.6 is 22.7 Å². The summed E-state index contributed by atoms with van der Waals surface area (Å²) < 4.78 is 0. The fourth-order valence-corrected chi connectivity index (χ4v) is 3.67. The second-order valence-corrected chi connectivity index (χ2v) is 7.18. The van der Waals surface area contributed by atoms with Crippen LogP contribution in [-0.4, -0.2) is 22.8 Å². The molecule has 0 spiro atoms. The molecule has 1 N–H and O–H groups in total. The lowest BCUT2D eigenvalue weighted by molar-refractivity contribution is 0.677. The Hall–Kier alpha value is -0.780. The first-order chi connectivity index (χ1) is 9.40. The minimum absolute atomic E-state index is 0.790. The minimum atomic E-state index is 0.790. The molecule has 1 aliphatic rings. The summed E-state index contributed by atoms with van der Waals surface area (Å²) in [5.41, 5.74) is 0. The molecule has 102 valence electrons. The zero-order chi connectivity index (χ0) is 12.9. The van der Waals surface area contributed by atoms with Gasteiger partial charge in [-0.3, -0.25) is 0 Å². The maximum absolute atomic E-state index is 4.29. The lowest BCUT2D eigenvalue weighted by Gasteiger charge is -1.98. The van der Waals surface area contributed by atoms with Gasteiger partial charge in [-0.2, -0.15) is 0 Å². The van der Waals surface area contributed by atoms with E-state index in [-0.39, 0.29) is 0 Å². The van der Waals surface area contributed by atoms with Crippen LogP contribution in [0.1, 0.15) is 34.2 Å². The summed E-state index contributed by atoms with van der Waals surface area (Å²) in [5, 5.41) is 16.6. The molecule has 1 saturated carbocycles. The average Bonchev–Trinajstić information content (AvgIpc) is 2.91. The first-order valence-corrected chi connectivity index (χ1v) is 8.67. The topological polar surface area (TPSA) is 37.8 Å². The van der Waals surface area contributed by atoms with Crippen LogP contribution in [0, 0.1) is 0 Å². The maximum Gasteiger partial charge on any atom is 0.118 e. The van der Waals surface area contributed by atoms with Crippen LogP contribution in [0.25, 0.3) is 0 Å². The van der Waals surface area contributed by atoms with Crippen LogP contribution < -0.4 is 5.32 Å². The largest absolute Gasteiger partial charge is 0.314 e. The molecular weight excluding hydrogens is 274 g/mol. The first kappa shape index (κ1) is 13.2. The van der Waals surface area contributed by atoms with E-state index in [1.165, 1.54) is 34.2 Å². The summed E-state index contributed by atoms with van der Waals surface area (Å²) >= 11 is 3.63. The van der Waals surface area contributed by atoms with Crippen LogP contribution in [0.5, 0.6) is 0 Å². The smallest absolute Gasteiger partial charge is 0.118 e. The second kappa shape index (κ2) is 6.59. The second-order valence-electron chi connectivity index (χ2n) is 5.00. The van der Waals surface area contributed by atoms with Gasteiger partial charge in [0.15, 0.2) is 0 Å². The van der Waals surface area contributed by atoms with E-state index in [2.05, 4.69) is 33.0 Å². The number of aromatic nitrogens is 2. The summed E-state index contributed by atoms with van der Waals surface area (Å²) in [6.07, 6.45) is 7.13. The Morgan fingerprint density at radius 1 is 1.16 bits per heavy atom. The van der Waals surface area contributed by atoms with Gasteiger partial charge in [-0.25, -0.2) is 0 Å². The molecule has 0 saturated heterocycles. The van der Waals surface area contributed by atoms with E-state index in [4.69, 9.17) is 0 Å². The van der Waals surface area contributed by atoms with Gasteiger partial charge in [0.2, 0.25) is 0 Å². The van der Waals surface area contributed by atoms with Crippen molar-refractivity contribution in [2.75, 3.05) is 6.54 Å². The van der Waals surface area contributed by atoms with Gasteiger partial charge in [0.1, 0.15) is 10.0 Å². The number of aryl methyl sites for hydroxylation is 2. The Kier molecular flexibility index (Phi) is 4.58. The first-order valence-electron chi connectivity index (χ1n) is 6.97. The van der Waals surface area contributed by atoms with Crippen molar-refractivity contribution >= 4 is 22.7 Å². The summed E-state index contributed by atoms with van der Waals surface area (Å²) in [6.45, 7) is 1.05. The van der Waals surface area contributed by atoms with Gasteiger partial charge < -0.3 is 5.32 Å². The standard InChI is InChI=1S/C14H19N3S2/c1(3-12-4-2-10-18-12)5-13-16-17-14(19-13)8-9-15-11-6-7-11/h2,4,10-11,15H,1,3,5-9H2. The lowest BCUT2D eigenvalue weighted by Crippen LogP contribution is -2.19. The van der Waals surface area contributed by atoms with Gasteiger partial charge in [-0.1, -0.05) is 6.07 Å². The molecule has 2 heterocycles. The molecule has 2 aromatic rings. The SMILES string of the molecule is c1csc(CCCc2nnc(CCNC3CC3)s2)c1. The number of hydrogen-bond donors (Lipinski definition) is 1. The molecule has 5 heteroatoms. The third kappa shape index (κ3) is 4.37. The Morgan fingerprint density at radius 2 is 2.00 bits per heavy atom. The van der Waals surface area contributed by atoms with Crippen LogP contribution in [0.2, 0.25) is 0 Å². The highest BCUT2D eigenvalue weighted by atomic mass is 32.1. The van der Waals surface area contributed by atoms with Gasteiger partial charge in [0.25, 0.3) is 0 Å². The highest BCUT2D eigenvalue weighted by Crippen LogP contribution is 2.19. The quantitative estimate of drug-likeness (QED) is 0.813. The van der Waals surface area contributed by atoms with Gasteiger partial charge in [-0.15, -0.1) is 32.9 Å². The summed E-state index contributed by atoms with van der Waals surface area (Å²) in [5.74, 6) is 0. The molecule has 3 rings (SSSR count). The van der Waals surface area contributed by atoms with Crippen molar-refractivity contribution in [1.29, 1.82) is 0 Å². The molecule has 19 heavy (non-hydrogen) atoms. The van der Waals surface area contributed by atoms with E-state index in [1.54, 1.807) is 11.3 Å². The Morgan fingerprint density at radius 3 is 2.74 bits per heavy atom. The average molecular weight is 293 g/mol. The van der Waals surface area contributed by atoms with Gasteiger partial charge in [0, 0.05) is 30.3 Å². The van der Waals surface area contributed by atoms with E-state index >= 15 is 0 Å². The van der Waals surface area contributed by atoms with Crippen molar-refractivity contribution in [1.82, 2.24) is 15.5 Å². The normalized spacial score (nSPS) is 14.9. The Labute approximate surface area is 122 Å². The monoisotopic (exact) mass is 293 g/mol. The lowest BCUT2D eigenvalue weighted by atomic mass is 10.2. The predicted molar refractivity (Wildman–Crippen MR) is 81.0 cm³/mol. The van der Waals surface area contributed by atoms with Crippen LogP contribution in [0.4, 0.5) is 0 Å². The number of nitrogens with zero attached hydrogens (tertiary/aromatic N) is 2. The number of nitrogens with one attached hydrogen (secondary N) is 1. The fourth-order valence-electron chi connectivity index (χ4n) is 2.03. The van der Waals surface area contributed by atoms with Crippen LogP contribution in [-0.2, 0) is 19.3 Å². The van der Waals surface area contributed by atoms with E-state index in [9.17, 15) is 0 Å². The van der Waals surface area contributed by atoms with Crippen molar-refractivity contribution in [2.24, 2.45) is 0 Å². The van der Waals surface area contributed by atoms with Gasteiger partial charge >= 0.3 is 0 Å². The molecule has 0 radical (unpaired) electrons. The molecule has 1 fully saturated rings. The van der Waals surface area contributed by atoms with Crippen LogP contribution in [0.15, 0.2) is 17.5 Å². The zero-order valence-electron chi connectivity index (χ0n) is 11.0. The molecule has 1 aliphatic carbocycles. The molecule has 0 unspecified atom stereocenters. The molecule has 0 aliphatic heterocycles. The van der Waals surface area contributed by atoms with Crippen molar-refractivity contribution in [3.8, 4) is 0 Å². The van der Waals surface area contributed by atoms with Crippen molar-refractivity contribution in [3.05, 3.63) is 32.4 Å². The van der Waals surface area contributed by atoms with E-state index < -0.39 is 0 Å². The predicted octanol–water partition coefficient (Wildman–Crippen LogP) is 3.07. The summed E-state index contributed by atoms with van der Waals surface area (Å²) in [6, 6.07) is 5.12. The number of rotatable bonds is 8. The third-order valence-electron chi connectivity index (χ3n) is 3.25. The van der Waals surface area contributed by atoms with Crippen LogP contribution in [0.3, 0.4) is 0 Å². The van der Waals surface area contributed by atoms with Crippen molar-refractivity contribution in [3.63, 3.8) is 0 Å². The Balaban J connectivity index is 1.37. The highest BCUT2D eigenvalue weighted by Gasteiger charge is 2.19. The van der Waals surface area contributed by atoms with E-state index in [0.29, 0.717) is 0 Å². The molecule has 0 amide bonds. The molecule has 0 aromatic carbocycles.